The number of aromatic nitrogens is 1. The Morgan fingerprint density at radius 1 is 1.69 bits per heavy atom. The molecule has 0 spiro atoms. The third-order valence-electron chi connectivity index (χ3n) is 2.23. The van der Waals surface area contributed by atoms with Gasteiger partial charge in [0, 0.05) is 0 Å². The molecule has 1 atom stereocenters. The number of hydrogen-bond donors (Lipinski definition) is 2. The van der Waals surface area contributed by atoms with Gasteiger partial charge in [-0.15, -0.1) is 0 Å². The molecule has 0 bridgehead atoms. The quantitative estimate of drug-likeness (QED) is 0.852. The van der Waals surface area contributed by atoms with Crippen LogP contribution in [0.25, 0.3) is 0 Å². The standard InChI is InChI=1S/C8H13ClN2O3S2/c1-3-8(2,5-12)11-16(13,14)6-4-10-7(9)15-6/h4,11-12H,3,5H2,1-2H3. The second kappa shape index (κ2) is 4.97. The topological polar surface area (TPSA) is 79.3 Å². The average Bonchev–Trinajstić information content (AvgIpc) is 2.65. The summed E-state index contributed by atoms with van der Waals surface area (Å²) in [6, 6.07) is 0. The van der Waals surface area contributed by atoms with Crippen molar-refractivity contribution in [2.24, 2.45) is 0 Å². The lowest BCUT2D eigenvalue weighted by Gasteiger charge is -2.26. The molecule has 2 N–H and O–H groups in total. The predicted molar refractivity (Wildman–Crippen MR) is 63.2 cm³/mol. The molecule has 1 heterocycles. The fraction of sp³-hybridized carbons (Fsp3) is 0.625. The summed E-state index contributed by atoms with van der Waals surface area (Å²) in [6.45, 7) is 3.15. The summed E-state index contributed by atoms with van der Waals surface area (Å²) in [5.74, 6) is 0. The summed E-state index contributed by atoms with van der Waals surface area (Å²) in [6.07, 6.45) is 1.68. The van der Waals surface area contributed by atoms with E-state index in [9.17, 15) is 8.42 Å². The van der Waals surface area contributed by atoms with Crippen LogP contribution in [0.1, 0.15) is 20.3 Å². The minimum atomic E-state index is -3.66. The van der Waals surface area contributed by atoms with Gasteiger partial charge in [-0.2, -0.15) is 0 Å². The molecule has 1 aromatic heterocycles. The van der Waals surface area contributed by atoms with E-state index < -0.39 is 15.6 Å². The van der Waals surface area contributed by atoms with E-state index in [0.717, 1.165) is 11.3 Å². The summed E-state index contributed by atoms with van der Waals surface area (Å²) in [7, 11) is -3.66. The Labute approximate surface area is 104 Å². The van der Waals surface area contributed by atoms with Crippen LogP contribution < -0.4 is 4.72 Å². The van der Waals surface area contributed by atoms with E-state index in [1.54, 1.807) is 13.8 Å². The number of sulfonamides is 1. The smallest absolute Gasteiger partial charge is 0.252 e. The fourth-order valence-corrected chi connectivity index (χ4v) is 3.72. The van der Waals surface area contributed by atoms with E-state index in [-0.39, 0.29) is 15.3 Å². The number of aliphatic hydroxyl groups is 1. The number of halogens is 1. The molecule has 0 radical (unpaired) electrons. The summed E-state index contributed by atoms with van der Waals surface area (Å²) in [5.41, 5.74) is -0.866. The number of thiazole rings is 1. The third-order valence-corrected chi connectivity index (χ3v) is 5.45. The molecule has 1 unspecified atom stereocenters. The van der Waals surface area contributed by atoms with Crippen molar-refractivity contribution in [2.75, 3.05) is 6.61 Å². The lowest BCUT2D eigenvalue weighted by molar-refractivity contribution is 0.191. The number of aliphatic hydroxyl groups excluding tert-OH is 1. The minimum absolute atomic E-state index is 0.0469. The van der Waals surface area contributed by atoms with Crippen LogP contribution in [0.4, 0.5) is 0 Å². The van der Waals surface area contributed by atoms with Crippen molar-refractivity contribution in [3.8, 4) is 0 Å². The van der Waals surface area contributed by atoms with Gasteiger partial charge in [-0.05, 0) is 13.3 Å². The Hall–Kier alpha value is -0.210. The first-order valence-corrected chi connectivity index (χ1v) is 7.27. The molecule has 0 aromatic carbocycles. The van der Waals surface area contributed by atoms with Gasteiger partial charge in [0.25, 0.3) is 10.0 Å². The van der Waals surface area contributed by atoms with Crippen LogP contribution in [-0.2, 0) is 10.0 Å². The Kier molecular flexibility index (Phi) is 4.30. The van der Waals surface area contributed by atoms with Gasteiger partial charge < -0.3 is 5.11 Å². The van der Waals surface area contributed by atoms with E-state index in [4.69, 9.17) is 16.7 Å². The van der Waals surface area contributed by atoms with Gasteiger partial charge in [0.1, 0.15) is 0 Å². The third kappa shape index (κ3) is 3.14. The van der Waals surface area contributed by atoms with Crippen molar-refractivity contribution in [2.45, 2.75) is 30.0 Å². The predicted octanol–water partition coefficient (Wildman–Crippen LogP) is 1.24. The highest BCUT2D eigenvalue weighted by molar-refractivity contribution is 7.91. The zero-order chi connectivity index (χ0) is 12.4. The molecule has 0 aliphatic rings. The van der Waals surface area contributed by atoms with Gasteiger partial charge in [0.15, 0.2) is 8.68 Å². The monoisotopic (exact) mass is 284 g/mol. The number of rotatable bonds is 5. The van der Waals surface area contributed by atoms with Crippen LogP contribution in [0.2, 0.25) is 4.47 Å². The summed E-state index contributed by atoms with van der Waals surface area (Å²) >= 11 is 6.45. The Morgan fingerprint density at radius 3 is 2.69 bits per heavy atom. The molecule has 1 aromatic rings. The molecule has 1 rings (SSSR count). The highest BCUT2D eigenvalue weighted by atomic mass is 35.5. The average molecular weight is 285 g/mol. The maximum Gasteiger partial charge on any atom is 0.252 e. The van der Waals surface area contributed by atoms with Crippen molar-refractivity contribution in [1.29, 1.82) is 0 Å². The number of hydrogen-bond acceptors (Lipinski definition) is 5. The van der Waals surface area contributed by atoms with E-state index in [1.165, 1.54) is 6.20 Å². The molecular formula is C8H13ClN2O3S2. The zero-order valence-corrected chi connectivity index (χ0v) is 11.3. The van der Waals surface area contributed by atoms with Crippen molar-refractivity contribution < 1.29 is 13.5 Å². The lowest BCUT2D eigenvalue weighted by atomic mass is 10.0. The summed E-state index contributed by atoms with van der Waals surface area (Å²) in [5, 5.41) is 9.14. The Balaban J connectivity index is 2.96. The van der Waals surface area contributed by atoms with Crippen LogP contribution in [0.3, 0.4) is 0 Å². The van der Waals surface area contributed by atoms with E-state index >= 15 is 0 Å². The molecule has 0 fully saturated rings. The molecule has 16 heavy (non-hydrogen) atoms. The van der Waals surface area contributed by atoms with Crippen molar-refractivity contribution in [3.05, 3.63) is 10.7 Å². The van der Waals surface area contributed by atoms with Crippen molar-refractivity contribution >= 4 is 33.0 Å². The van der Waals surface area contributed by atoms with Crippen molar-refractivity contribution in [3.63, 3.8) is 0 Å². The minimum Gasteiger partial charge on any atom is -0.394 e. The summed E-state index contributed by atoms with van der Waals surface area (Å²) < 4.78 is 26.4. The Morgan fingerprint density at radius 2 is 2.31 bits per heavy atom. The lowest BCUT2D eigenvalue weighted by Crippen LogP contribution is -2.48. The highest BCUT2D eigenvalue weighted by Crippen LogP contribution is 2.24. The second-order valence-electron chi connectivity index (χ2n) is 3.61. The molecule has 0 saturated heterocycles. The van der Waals surface area contributed by atoms with Gasteiger partial charge in [-0.3, -0.25) is 0 Å². The second-order valence-corrected chi connectivity index (χ2v) is 7.13. The van der Waals surface area contributed by atoms with Crippen LogP contribution in [0.5, 0.6) is 0 Å². The normalized spacial score (nSPS) is 16.0. The summed E-state index contributed by atoms with van der Waals surface area (Å²) in [4.78, 5) is 3.67. The van der Waals surface area contributed by atoms with E-state index in [0.29, 0.717) is 6.42 Å². The van der Waals surface area contributed by atoms with Gasteiger partial charge in [0.05, 0.1) is 18.3 Å². The fourth-order valence-electron chi connectivity index (χ4n) is 0.954. The van der Waals surface area contributed by atoms with Crippen LogP contribution in [0, 0.1) is 0 Å². The van der Waals surface area contributed by atoms with Gasteiger partial charge in [0.2, 0.25) is 0 Å². The molecule has 5 nitrogen and oxygen atoms in total. The first-order chi connectivity index (χ1) is 7.33. The molecule has 0 aliphatic carbocycles. The first kappa shape index (κ1) is 13.9. The molecule has 0 aliphatic heterocycles. The number of nitrogens with zero attached hydrogens (tertiary/aromatic N) is 1. The van der Waals surface area contributed by atoms with E-state index in [1.807, 2.05) is 0 Å². The molecular weight excluding hydrogens is 272 g/mol. The number of nitrogens with one attached hydrogen (secondary N) is 1. The molecule has 92 valence electrons. The molecule has 0 amide bonds. The highest BCUT2D eigenvalue weighted by Gasteiger charge is 2.29. The van der Waals surface area contributed by atoms with Gasteiger partial charge in [-0.1, -0.05) is 29.9 Å². The Bertz CT molecular complexity index is 454. The van der Waals surface area contributed by atoms with Gasteiger partial charge in [-0.25, -0.2) is 18.1 Å². The molecule has 8 heteroatoms. The SMILES string of the molecule is CCC(C)(CO)NS(=O)(=O)c1cnc(Cl)s1. The maximum absolute atomic E-state index is 11.9. The first-order valence-electron chi connectivity index (χ1n) is 4.59. The maximum atomic E-state index is 11.9. The van der Waals surface area contributed by atoms with Crippen LogP contribution >= 0.6 is 22.9 Å². The van der Waals surface area contributed by atoms with Gasteiger partial charge >= 0.3 is 0 Å². The van der Waals surface area contributed by atoms with E-state index in [2.05, 4.69) is 9.71 Å². The van der Waals surface area contributed by atoms with Crippen LogP contribution in [-0.4, -0.2) is 30.7 Å². The molecule has 0 saturated carbocycles. The largest absolute Gasteiger partial charge is 0.394 e. The van der Waals surface area contributed by atoms with Crippen molar-refractivity contribution in [1.82, 2.24) is 9.71 Å². The zero-order valence-electron chi connectivity index (χ0n) is 8.90. The van der Waals surface area contributed by atoms with Crippen LogP contribution in [0.15, 0.2) is 10.4 Å².